The lowest BCUT2D eigenvalue weighted by Gasteiger charge is -2.07. The predicted octanol–water partition coefficient (Wildman–Crippen LogP) is 0.536. The molecule has 0 aliphatic carbocycles. The van der Waals surface area contributed by atoms with Gasteiger partial charge >= 0.3 is 5.97 Å². The molecule has 0 heterocycles. The second kappa shape index (κ2) is 5.34. The summed E-state index contributed by atoms with van der Waals surface area (Å²) in [6.45, 7) is 3.36. The molecule has 0 bridgehead atoms. The summed E-state index contributed by atoms with van der Waals surface area (Å²) < 4.78 is 4.55. The third-order valence-corrected chi connectivity index (χ3v) is 1.03. The number of esters is 1. The van der Waals surface area contributed by atoms with Crippen molar-refractivity contribution in [3.05, 3.63) is 10.1 Å². The van der Waals surface area contributed by atoms with Gasteiger partial charge in [0.2, 0.25) is 0 Å². The molecule has 6 nitrogen and oxygen atoms in total. The molecule has 0 rings (SSSR count). The summed E-state index contributed by atoms with van der Waals surface area (Å²) in [6.07, 6.45) is -0.853. The van der Waals surface area contributed by atoms with Gasteiger partial charge in [-0.25, -0.2) is 0 Å². The van der Waals surface area contributed by atoms with Gasteiger partial charge < -0.3 is 9.57 Å². The van der Waals surface area contributed by atoms with Crippen molar-refractivity contribution in [1.29, 1.82) is 0 Å². The Bertz CT molecular complexity index is 169. The van der Waals surface area contributed by atoms with E-state index in [0.29, 0.717) is 0 Å². The fourth-order valence-electron chi connectivity index (χ4n) is 0.639. The molecule has 12 heavy (non-hydrogen) atoms. The van der Waals surface area contributed by atoms with Crippen molar-refractivity contribution in [3.8, 4) is 0 Å². The predicted molar refractivity (Wildman–Crippen MR) is 38.8 cm³/mol. The van der Waals surface area contributed by atoms with E-state index in [2.05, 4.69) is 9.57 Å². The van der Waals surface area contributed by atoms with Crippen molar-refractivity contribution in [1.82, 2.24) is 0 Å². The van der Waals surface area contributed by atoms with Crippen LogP contribution in [0.3, 0.4) is 0 Å². The van der Waals surface area contributed by atoms with Crippen molar-refractivity contribution < 1.29 is 19.5 Å². The van der Waals surface area contributed by atoms with Crippen LogP contribution in [0.4, 0.5) is 0 Å². The minimum atomic E-state index is -0.927. The van der Waals surface area contributed by atoms with E-state index >= 15 is 0 Å². The molecule has 0 amide bonds. The average Bonchev–Trinajstić information content (AvgIpc) is 1.84. The molecule has 0 aromatic heterocycles. The summed E-state index contributed by atoms with van der Waals surface area (Å²) in [4.78, 5) is 24.6. The van der Waals surface area contributed by atoms with E-state index in [4.69, 9.17) is 0 Å². The third kappa shape index (κ3) is 5.45. The summed E-state index contributed by atoms with van der Waals surface area (Å²) in [5, 5.41) is 8.85. The molecule has 0 radical (unpaired) electrons. The molecule has 0 aromatic rings. The van der Waals surface area contributed by atoms with Crippen molar-refractivity contribution in [3.63, 3.8) is 0 Å². The van der Waals surface area contributed by atoms with Crippen molar-refractivity contribution in [2.45, 2.75) is 26.4 Å². The molecule has 70 valence electrons. The van der Waals surface area contributed by atoms with E-state index in [9.17, 15) is 14.9 Å². The fraction of sp³-hybridized carbons (Fsp3) is 0.833. The number of carbonyl (C=O) groups excluding carboxylic acids is 1. The van der Waals surface area contributed by atoms with Gasteiger partial charge in [0.15, 0.2) is 0 Å². The number of rotatable bonds is 5. The first-order valence-electron chi connectivity index (χ1n) is 3.53. The van der Waals surface area contributed by atoms with E-state index in [1.165, 1.54) is 6.92 Å². The number of carbonyl (C=O) groups is 1. The quantitative estimate of drug-likeness (QED) is 0.348. The van der Waals surface area contributed by atoms with Crippen molar-refractivity contribution >= 4 is 5.97 Å². The molecular weight excluding hydrogens is 166 g/mol. The Morgan fingerprint density at radius 1 is 1.67 bits per heavy atom. The molecule has 0 aliphatic rings. The normalized spacial score (nSPS) is 11.8. The number of ether oxygens (including phenoxy) is 1. The van der Waals surface area contributed by atoms with Gasteiger partial charge in [0, 0.05) is 0 Å². The van der Waals surface area contributed by atoms with Crippen LogP contribution in [-0.4, -0.2) is 23.8 Å². The maximum absolute atomic E-state index is 10.7. The second-order valence-electron chi connectivity index (χ2n) is 2.15. The lowest BCUT2D eigenvalue weighted by molar-refractivity contribution is -0.767. The smallest absolute Gasteiger partial charge is 0.308 e. The van der Waals surface area contributed by atoms with E-state index in [1.807, 2.05) is 0 Å². The molecule has 6 heteroatoms. The summed E-state index contributed by atoms with van der Waals surface area (Å²) in [7, 11) is 0. The Hall–Kier alpha value is -1.33. The molecular formula is C6H11NO5. The lowest BCUT2D eigenvalue weighted by Crippen LogP contribution is -2.19. The van der Waals surface area contributed by atoms with Crippen LogP contribution < -0.4 is 0 Å². The highest BCUT2D eigenvalue weighted by Crippen LogP contribution is 1.98. The molecule has 0 aromatic carbocycles. The van der Waals surface area contributed by atoms with Crippen LogP contribution in [0.2, 0.25) is 0 Å². The standard InChI is InChI=1S/C6H11NO5/c1-3-11-6(8)4-5(2)12-7(9)10/h5H,3-4H2,1-2H3/t5-/m1/s1. The Labute approximate surface area is 69.6 Å². The molecule has 0 N–H and O–H groups in total. The van der Waals surface area contributed by atoms with Crippen LogP contribution >= 0.6 is 0 Å². The molecule has 0 unspecified atom stereocenters. The molecule has 0 spiro atoms. The van der Waals surface area contributed by atoms with Gasteiger partial charge in [-0.1, -0.05) is 0 Å². The van der Waals surface area contributed by atoms with E-state index < -0.39 is 17.2 Å². The SMILES string of the molecule is CCOC(=O)C[C@@H](C)O[N+](=O)[O-]. The highest BCUT2D eigenvalue weighted by molar-refractivity contribution is 5.69. The van der Waals surface area contributed by atoms with Gasteiger partial charge in [0.25, 0.3) is 5.09 Å². The van der Waals surface area contributed by atoms with Gasteiger partial charge in [-0.05, 0) is 13.8 Å². The zero-order valence-electron chi connectivity index (χ0n) is 6.98. The summed E-state index contributed by atoms with van der Waals surface area (Å²) >= 11 is 0. The topological polar surface area (TPSA) is 78.7 Å². The average molecular weight is 177 g/mol. The van der Waals surface area contributed by atoms with Crippen LogP contribution in [0.5, 0.6) is 0 Å². The van der Waals surface area contributed by atoms with Crippen LogP contribution in [0.15, 0.2) is 0 Å². The number of hydrogen-bond acceptors (Lipinski definition) is 5. The van der Waals surface area contributed by atoms with Crippen molar-refractivity contribution in [2.24, 2.45) is 0 Å². The summed E-state index contributed by atoms with van der Waals surface area (Å²) in [5.74, 6) is -0.494. The maximum Gasteiger partial charge on any atom is 0.308 e. The molecule has 0 aliphatic heterocycles. The zero-order valence-corrected chi connectivity index (χ0v) is 6.98. The Morgan fingerprint density at radius 2 is 2.25 bits per heavy atom. The van der Waals surface area contributed by atoms with E-state index in [1.54, 1.807) is 6.92 Å². The van der Waals surface area contributed by atoms with Crippen LogP contribution in [0.25, 0.3) is 0 Å². The van der Waals surface area contributed by atoms with Crippen LogP contribution in [-0.2, 0) is 14.4 Å². The second-order valence-corrected chi connectivity index (χ2v) is 2.15. The molecule has 1 atom stereocenters. The number of nitrogens with zero attached hydrogens (tertiary/aromatic N) is 1. The minimum absolute atomic E-state index is 0.102. The first kappa shape index (κ1) is 10.7. The van der Waals surface area contributed by atoms with Gasteiger partial charge in [0.05, 0.1) is 13.0 Å². The van der Waals surface area contributed by atoms with E-state index in [0.717, 1.165) is 0 Å². The first-order valence-corrected chi connectivity index (χ1v) is 3.53. The zero-order chi connectivity index (χ0) is 9.56. The Balaban J connectivity index is 3.61. The molecule has 0 saturated carbocycles. The minimum Gasteiger partial charge on any atom is -0.466 e. The highest BCUT2D eigenvalue weighted by atomic mass is 17.0. The largest absolute Gasteiger partial charge is 0.466 e. The number of hydrogen-bond donors (Lipinski definition) is 0. The van der Waals surface area contributed by atoms with Crippen LogP contribution in [0.1, 0.15) is 20.3 Å². The Morgan fingerprint density at radius 3 is 2.67 bits per heavy atom. The van der Waals surface area contributed by atoms with Crippen molar-refractivity contribution in [2.75, 3.05) is 6.61 Å². The lowest BCUT2D eigenvalue weighted by atomic mass is 10.3. The summed E-state index contributed by atoms with van der Waals surface area (Å²) in [5.41, 5.74) is 0. The van der Waals surface area contributed by atoms with Gasteiger partial charge in [-0.3, -0.25) is 4.79 Å². The molecule has 0 fully saturated rings. The highest BCUT2D eigenvalue weighted by Gasteiger charge is 2.12. The Kier molecular flexibility index (Phi) is 4.75. The first-order chi connectivity index (χ1) is 5.56. The summed E-state index contributed by atoms with van der Waals surface area (Å²) in [6, 6.07) is 0. The van der Waals surface area contributed by atoms with Crippen LogP contribution in [0, 0.1) is 10.1 Å². The fourth-order valence-corrected chi connectivity index (χ4v) is 0.639. The third-order valence-electron chi connectivity index (χ3n) is 1.03. The van der Waals surface area contributed by atoms with Gasteiger partial charge in [-0.15, -0.1) is 10.1 Å². The van der Waals surface area contributed by atoms with Gasteiger partial charge in [0.1, 0.15) is 6.10 Å². The monoisotopic (exact) mass is 177 g/mol. The van der Waals surface area contributed by atoms with Gasteiger partial charge in [-0.2, -0.15) is 0 Å². The maximum atomic E-state index is 10.7. The van der Waals surface area contributed by atoms with E-state index in [-0.39, 0.29) is 13.0 Å². The molecule has 0 saturated heterocycles.